The summed E-state index contributed by atoms with van der Waals surface area (Å²) in [4.78, 5) is 47.2. The number of hydrogen-bond donors (Lipinski definition) is 0. The van der Waals surface area contributed by atoms with Gasteiger partial charge in [0.05, 0.1) is 0 Å². The van der Waals surface area contributed by atoms with Crippen molar-refractivity contribution in [3.05, 3.63) is 24.8 Å². The molecule has 0 aromatic heterocycles. The van der Waals surface area contributed by atoms with Crippen LogP contribution >= 0.6 is 0 Å². The van der Waals surface area contributed by atoms with Gasteiger partial charge in [-0.25, -0.2) is 19.2 Å². The van der Waals surface area contributed by atoms with E-state index in [1.165, 1.54) is 51.4 Å². The highest BCUT2D eigenvalue weighted by Crippen LogP contribution is 2.66. The van der Waals surface area contributed by atoms with E-state index in [1.807, 2.05) is 0 Å². The van der Waals surface area contributed by atoms with Crippen molar-refractivity contribution in [1.29, 1.82) is 0 Å². The lowest BCUT2D eigenvalue weighted by atomic mass is 9.44. The third kappa shape index (κ3) is 6.69. The Bertz CT molecular complexity index is 1200. The van der Waals surface area contributed by atoms with Crippen molar-refractivity contribution in [3.8, 4) is 0 Å². The molecule has 46 heavy (non-hydrogen) atoms. The van der Waals surface area contributed by atoms with Gasteiger partial charge >= 0.3 is 23.9 Å². The zero-order chi connectivity index (χ0) is 33.5. The van der Waals surface area contributed by atoms with Crippen molar-refractivity contribution >= 4 is 23.9 Å². The maximum Gasteiger partial charge on any atom is 0.344 e. The van der Waals surface area contributed by atoms with E-state index in [0.717, 1.165) is 50.0 Å². The van der Waals surface area contributed by atoms with Crippen molar-refractivity contribution in [2.45, 2.75) is 129 Å². The van der Waals surface area contributed by atoms with E-state index >= 15 is 0 Å². The molecule has 0 aliphatic heterocycles. The Hall–Kier alpha value is -2.64. The van der Waals surface area contributed by atoms with Crippen LogP contribution in [0.25, 0.3) is 0 Å². The summed E-state index contributed by atoms with van der Waals surface area (Å²) in [6.07, 6.45) is 15.9. The number of hydrogen-bond acceptors (Lipinski definition) is 8. The molecule has 0 saturated heterocycles. The van der Waals surface area contributed by atoms with Crippen LogP contribution in [-0.4, -0.2) is 48.3 Å². The molecule has 8 bridgehead atoms. The third-order valence-corrected chi connectivity index (χ3v) is 12.7. The molecule has 8 fully saturated rings. The van der Waals surface area contributed by atoms with Crippen LogP contribution in [0.1, 0.15) is 118 Å². The molecule has 0 aromatic rings. The van der Waals surface area contributed by atoms with E-state index in [1.54, 1.807) is 6.92 Å². The molecule has 4 atom stereocenters. The molecule has 0 radical (unpaired) electrons. The van der Waals surface area contributed by atoms with Crippen LogP contribution in [0.2, 0.25) is 0 Å². The summed E-state index contributed by atoms with van der Waals surface area (Å²) >= 11 is 0. The second-order valence-corrected chi connectivity index (χ2v) is 16.4. The highest BCUT2D eigenvalue weighted by molar-refractivity contribution is 5.88. The van der Waals surface area contributed by atoms with Gasteiger partial charge in [0.15, 0.2) is 13.2 Å². The lowest BCUT2D eigenvalue weighted by Crippen LogP contribution is -2.62. The molecule has 256 valence electrons. The van der Waals surface area contributed by atoms with Gasteiger partial charge in [-0.1, -0.05) is 47.3 Å². The fourth-order valence-electron chi connectivity index (χ4n) is 11.6. The lowest BCUT2D eigenvalue weighted by molar-refractivity contribution is -0.228. The first kappa shape index (κ1) is 34.7. The van der Waals surface area contributed by atoms with Gasteiger partial charge in [0.25, 0.3) is 0 Å². The molecule has 8 saturated carbocycles. The topological polar surface area (TPSA) is 105 Å². The maximum absolute atomic E-state index is 12.4. The molecule has 8 heteroatoms. The second-order valence-electron chi connectivity index (χ2n) is 16.4. The Morgan fingerprint density at radius 2 is 1.15 bits per heavy atom. The van der Waals surface area contributed by atoms with E-state index in [2.05, 4.69) is 40.9 Å². The Balaban J connectivity index is 0.000000182. The predicted molar refractivity (Wildman–Crippen MR) is 173 cm³/mol. The maximum atomic E-state index is 12.4. The smallest absolute Gasteiger partial charge is 0.344 e. The fourth-order valence-corrected chi connectivity index (χ4v) is 11.6. The first-order chi connectivity index (χ1) is 21.7. The summed E-state index contributed by atoms with van der Waals surface area (Å²) in [5.41, 5.74) is 0.503. The highest BCUT2D eigenvalue weighted by atomic mass is 16.6. The summed E-state index contributed by atoms with van der Waals surface area (Å²) in [6, 6.07) is 0. The molecule has 0 spiro atoms. The molecule has 0 heterocycles. The summed E-state index contributed by atoms with van der Waals surface area (Å²) in [5, 5.41) is 0. The molecule has 8 nitrogen and oxygen atoms in total. The largest absolute Gasteiger partial charge is 0.456 e. The highest BCUT2D eigenvalue weighted by Gasteiger charge is 2.63. The molecular formula is C38H56O8. The Morgan fingerprint density at radius 3 is 1.54 bits per heavy atom. The van der Waals surface area contributed by atoms with E-state index in [9.17, 15) is 19.2 Å². The molecule has 8 rings (SSSR count). The van der Waals surface area contributed by atoms with Crippen molar-refractivity contribution in [1.82, 2.24) is 0 Å². The molecule has 4 unspecified atom stereocenters. The van der Waals surface area contributed by atoms with Crippen molar-refractivity contribution in [2.75, 3.05) is 13.2 Å². The van der Waals surface area contributed by atoms with Crippen molar-refractivity contribution < 1.29 is 38.1 Å². The summed E-state index contributed by atoms with van der Waals surface area (Å²) < 4.78 is 21.9. The van der Waals surface area contributed by atoms with Gasteiger partial charge in [-0.3, -0.25) is 0 Å². The SMILES string of the molecule is C=C(C)C(=O)OCC(=O)OC1(CCC)C2CC3CC1CC(C)(C3)C2.C=CC(=O)OCC(=O)OC1(CC)C2CC3CC1CC(C)(C3)C2. The quantitative estimate of drug-likeness (QED) is 0.132. The average Bonchev–Trinajstić information content (AvgIpc) is 2.98. The third-order valence-electron chi connectivity index (χ3n) is 12.7. The number of carbonyl (C=O) groups is 4. The fraction of sp³-hybridized carbons (Fsp3) is 0.789. The second kappa shape index (κ2) is 13.1. The van der Waals surface area contributed by atoms with Gasteiger partial charge in [-0.05, 0) is 130 Å². The molecular weight excluding hydrogens is 584 g/mol. The molecule has 0 aromatic carbocycles. The van der Waals surface area contributed by atoms with Gasteiger partial charge < -0.3 is 18.9 Å². The van der Waals surface area contributed by atoms with Gasteiger partial charge in [0.2, 0.25) is 0 Å². The zero-order valence-electron chi connectivity index (χ0n) is 28.8. The van der Waals surface area contributed by atoms with Gasteiger partial charge in [-0.2, -0.15) is 0 Å². The molecule has 8 aliphatic rings. The van der Waals surface area contributed by atoms with E-state index < -0.39 is 23.9 Å². The van der Waals surface area contributed by atoms with Crippen LogP contribution in [0.15, 0.2) is 24.8 Å². The van der Waals surface area contributed by atoms with Gasteiger partial charge in [0.1, 0.15) is 11.2 Å². The van der Waals surface area contributed by atoms with Crippen LogP contribution in [0.4, 0.5) is 0 Å². The molecule has 8 aliphatic carbocycles. The van der Waals surface area contributed by atoms with Crippen LogP contribution in [0.5, 0.6) is 0 Å². The summed E-state index contributed by atoms with van der Waals surface area (Å²) in [6.45, 7) is 16.9. The number of carbonyl (C=O) groups excluding carboxylic acids is 4. The summed E-state index contributed by atoms with van der Waals surface area (Å²) in [5.74, 6) is 1.53. The Kier molecular flexibility index (Phi) is 9.88. The average molecular weight is 641 g/mol. The minimum Gasteiger partial charge on any atom is -0.456 e. The Morgan fingerprint density at radius 1 is 0.717 bits per heavy atom. The zero-order valence-corrected chi connectivity index (χ0v) is 28.8. The molecule has 0 amide bonds. The van der Waals surface area contributed by atoms with Crippen LogP contribution in [0, 0.1) is 46.3 Å². The van der Waals surface area contributed by atoms with Crippen molar-refractivity contribution in [2.24, 2.45) is 46.3 Å². The Labute approximate surface area is 275 Å². The minimum atomic E-state index is -0.583. The number of rotatable bonds is 11. The minimum absolute atomic E-state index is 0.300. The van der Waals surface area contributed by atoms with Crippen LogP contribution < -0.4 is 0 Å². The standard InChI is InChI=1S/C20H30O4.C18H26O4/c1-5-6-20(24-17(21)12-23-18(22)13(2)3)15-7-14-8-16(20)11-19(4,9-14)10-15;1-4-15(19)21-11-16(20)22-18(5-2)13-6-12-7-14(18)10-17(3,8-12)9-13/h14-16H,2,5-12H2,1,3-4H3;4,12-14H,1,5-11H2,2-3H3. The summed E-state index contributed by atoms with van der Waals surface area (Å²) in [7, 11) is 0. The van der Waals surface area contributed by atoms with Gasteiger partial charge in [-0.15, -0.1) is 0 Å². The van der Waals surface area contributed by atoms with E-state index in [-0.39, 0.29) is 24.4 Å². The van der Waals surface area contributed by atoms with Crippen LogP contribution in [-0.2, 0) is 38.1 Å². The van der Waals surface area contributed by atoms with Gasteiger partial charge in [0, 0.05) is 11.6 Å². The first-order valence-electron chi connectivity index (χ1n) is 17.7. The van der Waals surface area contributed by atoms with Crippen molar-refractivity contribution in [3.63, 3.8) is 0 Å². The normalized spacial score (nSPS) is 40.7. The van der Waals surface area contributed by atoms with E-state index in [4.69, 9.17) is 18.9 Å². The lowest BCUT2D eigenvalue weighted by Gasteiger charge is -2.64. The number of ether oxygens (including phenoxy) is 4. The predicted octanol–water partition coefficient (Wildman–Crippen LogP) is 7.29. The van der Waals surface area contributed by atoms with E-state index in [0.29, 0.717) is 40.1 Å². The first-order valence-corrected chi connectivity index (χ1v) is 17.7. The number of esters is 4. The monoisotopic (exact) mass is 640 g/mol. The van der Waals surface area contributed by atoms with Crippen LogP contribution in [0.3, 0.4) is 0 Å². The molecule has 0 N–H and O–H groups in total.